The largest absolute Gasteiger partial charge is 0.398 e. The number of nitrogens with zero attached hydrogens (tertiary/aromatic N) is 1. The van der Waals surface area contributed by atoms with Crippen LogP contribution in [0.15, 0.2) is 48.5 Å². The van der Waals surface area contributed by atoms with Crippen LogP contribution < -0.4 is 11.1 Å². The minimum absolute atomic E-state index is 0.0106. The highest BCUT2D eigenvalue weighted by Gasteiger charge is 2.35. The van der Waals surface area contributed by atoms with E-state index in [-0.39, 0.29) is 11.9 Å². The summed E-state index contributed by atoms with van der Waals surface area (Å²) in [6.45, 7) is 8.73. The molecule has 1 amide bonds. The Hall–Kier alpha value is -2.66. The maximum atomic E-state index is 13.6. The molecule has 3 rings (SSSR count). The van der Waals surface area contributed by atoms with Crippen molar-refractivity contribution in [3.63, 3.8) is 0 Å². The Morgan fingerprint density at radius 3 is 2.47 bits per heavy atom. The molecule has 1 saturated heterocycles. The number of nitrogens with two attached hydrogens (primary N) is 1. The molecule has 2 atom stereocenters. The zero-order valence-electron chi connectivity index (χ0n) is 18.4. The van der Waals surface area contributed by atoms with Crippen LogP contribution in [-0.2, 0) is 10.2 Å². The summed E-state index contributed by atoms with van der Waals surface area (Å²) >= 11 is 0. The molecule has 5 heteroatoms. The number of rotatable bonds is 8. The Balaban J connectivity index is 1.88. The summed E-state index contributed by atoms with van der Waals surface area (Å²) in [6.07, 6.45) is 3.10. The number of hydrogen-bond donors (Lipinski definition) is 3. The molecule has 2 aromatic carbocycles. The fourth-order valence-corrected chi connectivity index (χ4v) is 4.18. The van der Waals surface area contributed by atoms with Crippen molar-refractivity contribution < 1.29 is 4.79 Å². The van der Waals surface area contributed by atoms with Crippen molar-refractivity contribution in [1.29, 1.82) is 5.41 Å². The Morgan fingerprint density at radius 1 is 1.20 bits per heavy atom. The maximum Gasteiger partial charge on any atom is 0.230 e. The molecule has 0 spiro atoms. The van der Waals surface area contributed by atoms with E-state index in [0.717, 1.165) is 30.8 Å². The van der Waals surface area contributed by atoms with E-state index in [1.807, 2.05) is 50.2 Å². The normalized spacial score (nSPS) is 17.3. The lowest BCUT2D eigenvalue weighted by atomic mass is 9.78. The summed E-state index contributed by atoms with van der Waals surface area (Å²) in [5, 5.41) is 11.4. The van der Waals surface area contributed by atoms with Crippen LogP contribution in [-0.4, -0.2) is 36.2 Å². The minimum Gasteiger partial charge on any atom is -0.398 e. The molecule has 0 radical (unpaired) electrons. The summed E-state index contributed by atoms with van der Waals surface area (Å²) < 4.78 is 0. The topological polar surface area (TPSA) is 82.2 Å². The molecular weight excluding hydrogens is 372 g/mol. The molecule has 0 aromatic heterocycles. The van der Waals surface area contributed by atoms with Gasteiger partial charge in [-0.15, -0.1) is 0 Å². The van der Waals surface area contributed by atoms with Gasteiger partial charge in [-0.3, -0.25) is 4.79 Å². The number of hydrogen-bond acceptors (Lipinski definition) is 4. The quantitative estimate of drug-likeness (QED) is 0.452. The van der Waals surface area contributed by atoms with Gasteiger partial charge in [0.1, 0.15) is 0 Å². The number of carbonyl (C=O) groups is 1. The second-order valence-corrected chi connectivity index (χ2v) is 8.56. The van der Waals surface area contributed by atoms with Gasteiger partial charge < -0.3 is 21.4 Å². The van der Waals surface area contributed by atoms with Crippen LogP contribution in [0.5, 0.6) is 0 Å². The molecule has 1 aliphatic heterocycles. The van der Waals surface area contributed by atoms with E-state index in [1.165, 1.54) is 12.8 Å². The molecule has 1 heterocycles. The van der Waals surface area contributed by atoms with Crippen LogP contribution in [0.25, 0.3) is 0 Å². The molecule has 2 aromatic rings. The van der Waals surface area contributed by atoms with Gasteiger partial charge in [-0.05, 0) is 69.5 Å². The smallest absolute Gasteiger partial charge is 0.230 e. The van der Waals surface area contributed by atoms with Crippen molar-refractivity contribution in [3.05, 3.63) is 65.2 Å². The molecule has 0 saturated carbocycles. The minimum atomic E-state index is -0.698. The third-order valence-corrected chi connectivity index (χ3v) is 6.45. The molecule has 1 unspecified atom stereocenters. The molecule has 30 heavy (non-hydrogen) atoms. The second kappa shape index (κ2) is 9.43. The van der Waals surface area contributed by atoms with Gasteiger partial charge in [-0.25, -0.2) is 0 Å². The van der Waals surface area contributed by atoms with Crippen LogP contribution in [0.3, 0.4) is 0 Å². The maximum absolute atomic E-state index is 13.6. The lowest BCUT2D eigenvalue weighted by Crippen LogP contribution is -2.46. The number of likely N-dealkylation sites (tertiary alicyclic amines) is 1. The average molecular weight is 407 g/mol. The Bertz CT molecular complexity index is 889. The fourth-order valence-electron chi connectivity index (χ4n) is 4.18. The predicted octanol–water partition coefficient (Wildman–Crippen LogP) is 4.28. The molecule has 1 fully saturated rings. The standard InChI is InChI=1S/C25H34N4O/c1-4-25(3,20-12-13-22(27)21(16-20)18(2)26)24(30)28-23(17-29-14-8-9-15-29)19-10-6-5-7-11-19/h5-7,10-13,16,23,26H,4,8-9,14-15,17,27H2,1-3H3,(H,28,30)/t23-,25?/m1/s1. The molecular formula is C25H34N4O. The lowest BCUT2D eigenvalue weighted by Gasteiger charge is -2.32. The SMILES string of the molecule is CCC(C)(C(=O)N[C@H](CN1CCCC1)c1ccccc1)c1ccc(N)c(C(C)=N)c1. The third-order valence-electron chi connectivity index (χ3n) is 6.45. The van der Waals surface area contributed by atoms with E-state index in [1.54, 1.807) is 6.92 Å². The number of nitrogens with one attached hydrogen (secondary N) is 2. The van der Waals surface area contributed by atoms with Crippen molar-refractivity contribution in [2.75, 3.05) is 25.4 Å². The van der Waals surface area contributed by atoms with Gasteiger partial charge >= 0.3 is 0 Å². The van der Waals surface area contributed by atoms with Crippen LogP contribution in [0.2, 0.25) is 0 Å². The second-order valence-electron chi connectivity index (χ2n) is 8.56. The van der Waals surface area contributed by atoms with Crippen LogP contribution in [0.4, 0.5) is 5.69 Å². The Morgan fingerprint density at radius 2 is 1.87 bits per heavy atom. The van der Waals surface area contributed by atoms with Gasteiger partial charge in [0.15, 0.2) is 0 Å². The van der Waals surface area contributed by atoms with Gasteiger partial charge in [0, 0.05) is 23.5 Å². The molecule has 1 aliphatic rings. The van der Waals surface area contributed by atoms with E-state index in [0.29, 0.717) is 23.4 Å². The van der Waals surface area contributed by atoms with E-state index in [9.17, 15) is 4.79 Å². The van der Waals surface area contributed by atoms with E-state index in [2.05, 4.69) is 22.3 Å². The first-order valence-corrected chi connectivity index (χ1v) is 10.9. The first-order valence-electron chi connectivity index (χ1n) is 10.9. The zero-order valence-corrected chi connectivity index (χ0v) is 18.4. The van der Waals surface area contributed by atoms with Gasteiger partial charge in [0.2, 0.25) is 5.91 Å². The first-order chi connectivity index (χ1) is 14.3. The third kappa shape index (κ3) is 4.73. The summed E-state index contributed by atoms with van der Waals surface area (Å²) in [7, 11) is 0. The lowest BCUT2D eigenvalue weighted by molar-refractivity contribution is -0.127. The van der Waals surface area contributed by atoms with Gasteiger partial charge in [0.05, 0.1) is 11.5 Å². The summed E-state index contributed by atoms with van der Waals surface area (Å²) in [5.41, 5.74) is 9.05. The summed E-state index contributed by atoms with van der Waals surface area (Å²) in [5.74, 6) is 0.0106. The number of anilines is 1. The highest BCUT2D eigenvalue weighted by molar-refractivity contribution is 6.01. The van der Waals surface area contributed by atoms with Crippen molar-refractivity contribution in [2.24, 2.45) is 0 Å². The Kier molecular flexibility index (Phi) is 6.93. The van der Waals surface area contributed by atoms with Gasteiger partial charge in [0.25, 0.3) is 0 Å². The molecule has 5 nitrogen and oxygen atoms in total. The van der Waals surface area contributed by atoms with Crippen molar-refractivity contribution in [3.8, 4) is 0 Å². The number of amides is 1. The molecule has 4 N–H and O–H groups in total. The molecule has 160 valence electrons. The highest BCUT2D eigenvalue weighted by Crippen LogP contribution is 2.31. The summed E-state index contributed by atoms with van der Waals surface area (Å²) in [6, 6.07) is 15.8. The van der Waals surface area contributed by atoms with Crippen molar-refractivity contribution in [2.45, 2.75) is 51.5 Å². The van der Waals surface area contributed by atoms with Crippen molar-refractivity contribution in [1.82, 2.24) is 10.2 Å². The van der Waals surface area contributed by atoms with E-state index < -0.39 is 5.41 Å². The first kappa shape index (κ1) is 22.0. The fraction of sp³-hybridized carbons (Fsp3) is 0.440. The van der Waals surface area contributed by atoms with Gasteiger partial charge in [-0.2, -0.15) is 0 Å². The van der Waals surface area contributed by atoms with Gasteiger partial charge in [-0.1, -0.05) is 43.3 Å². The number of benzene rings is 2. The van der Waals surface area contributed by atoms with Crippen molar-refractivity contribution >= 4 is 17.3 Å². The number of nitrogen functional groups attached to an aromatic ring is 1. The molecule has 0 aliphatic carbocycles. The molecule has 0 bridgehead atoms. The summed E-state index contributed by atoms with van der Waals surface area (Å²) in [4.78, 5) is 16.0. The highest BCUT2D eigenvalue weighted by atomic mass is 16.2. The predicted molar refractivity (Wildman–Crippen MR) is 124 cm³/mol. The van der Waals surface area contributed by atoms with Crippen LogP contribution in [0, 0.1) is 5.41 Å². The Labute approximate surface area is 180 Å². The van der Waals surface area contributed by atoms with E-state index >= 15 is 0 Å². The van der Waals surface area contributed by atoms with Crippen LogP contribution >= 0.6 is 0 Å². The monoisotopic (exact) mass is 406 g/mol. The number of carbonyl (C=O) groups excluding carboxylic acids is 1. The van der Waals surface area contributed by atoms with E-state index in [4.69, 9.17) is 11.1 Å². The zero-order chi connectivity index (χ0) is 21.7. The van der Waals surface area contributed by atoms with Crippen LogP contribution in [0.1, 0.15) is 62.8 Å². The average Bonchev–Trinajstić information content (AvgIpc) is 3.26.